The summed E-state index contributed by atoms with van der Waals surface area (Å²) in [5, 5.41) is 8.73. The molecule has 0 saturated heterocycles. The summed E-state index contributed by atoms with van der Waals surface area (Å²) in [6, 6.07) is 6.76. The first-order valence-electron chi connectivity index (χ1n) is 6.68. The van der Waals surface area contributed by atoms with Gasteiger partial charge in [-0.05, 0) is 30.5 Å². The second-order valence-corrected chi connectivity index (χ2v) is 6.59. The van der Waals surface area contributed by atoms with Gasteiger partial charge in [-0.1, -0.05) is 32.4 Å². The van der Waals surface area contributed by atoms with E-state index in [0.29, 0.717) is 0 Å². The van der Waals surface area contributed by atoms with Gasteiger partial charge in [-0.3, -0.25) is 4.79 Å². The van der Waals surface area contributed by atoms with Gasteiger partial charge < -0.3 is 5.11 Å². The van der Waals surface area contributed by atoms with Crippen LogP contribution in [0.1, 0.15) is 32.3 Å². The van der Waals surface area contributed by atoms with Crippen LogP contribution in [0.3, 0.4) is 0 Å². The quantitative estimate of drug-likeness (QED) is 0.769. The van der Waals surface area contributed by atoms with E-state index in [4.69, 9.17) is 5.11 Å². The second kappa shape index (κ2) is 7.40. The van der Waals surface area contributed by atoms with Crippen molar-refractivity contribution in [1.82, 2.24) is 4.72 Å². The molecule has 0 fully saturated rings. The number of nitrogens with one attached hydrogen (secondary N) is 1. The van der Waals surface area contributed by atoms with Crippen LogP contribution in [0, 0.1) is 5.92 Å². The average Bonchev–Trinajstić information content (AvgIpc) is 2.39. The maximum absolute atomic E-state index is 12.0. The van der Waals surface area contributed by atoms with Crippen LogP contribution in [0.25, 0.3) is 0 Å². The molecule has 0 heterocycles. The molecule has 0 bridgehead atoms. The van der Waals surface area contributed by atoms with Gasteiger partial charge in [0, 0.05) is 6.54 Å². The Morgan fingerprint density at radius 3 is 2.40 bits per heavy atom. The van der Waals surface area contributed by atoms with Crippen molar-refractivity contribution < 1.29 is 18.3 Å². The summed E-state index contributed by atoms with van der Waals surface area (Å²) in [7, 11) is -3.56. The lowest BCUT2D eigenvalue weighted by Gasteiger charge is -2.09. The minimum atomic E-state index is -3.56. The Morgan fingerprint density at radius 1 is 1.30 bits per heavy atom. The Labute approximate surface area is 120 Å². The fourth-order valence-electron chi connectivity index (χ4n) is 1.74. The van der Waals surface area contributed by atoms with Gasteiger partial charge in [0.05, 0.1) is 10.8 Å². The molecule has 6 heteroatoms. The summed E-state index contributed by atoms with van der Waals surface area (Å²) in [6.45, 7) is 3.73. The van der Waals surface area contributed by atoms with Gasteiger partial charge in [0.25, 0.3) is 0 Å². The molecule has 112 valence electrons. The number of carbonyl (C=O) groups is 1. The molecule has 1 rings (SSSR count). The lowest BCUT2D eigenvalue weighted by molar-refractivity contribution is -0.141. The summed E-state index contributed by atoms with van der Waals surface area (Å²) >= 11 is 0. The Balaban J connectivity index is 2.62. The zero-order valence-electron chi connectivity index (χ0n) is 11.8. The molecule has 0 amide bonds. The number of aliphatic carboxylic acids is 1. The predicted molar refractivity (Wildman–Crippen MR) is 77.0 cm³/mol. The van der Waals surface area contributed by atoms with Crippen molar-refractivity contribution in [2.75, 3.05) is 6.54 Å². The minimum absolute atomic E-state index is 0.118. The molecule has 0 aliphatic rings. The molecule has 1 aromatic carbocycles. The maximum Gasteiger partial charge on any atom is 0.306 e. The molecule has 0 aliphatic heterocycles. The van der Waals surface area contributed by atoms with E-state index >= 15 is 0 Å². The monoisotopic (exact) mass is 299 g/mol. The van der Waals surface area contributed by atoms with E-state index < -0.39 is 21.9 Å². The van der Waals surface area contributed by atoms with Gasteiger partial charge in [0.2, 0.25) is 10.0 Å². The molecule has 5 nitrogen and oxygen atoms in total. The first kappa shape index (κ1) is 16.7. The molecular weight excluding hydrogens is 278 g/mol. The molecule has 20 heavy (non-hydrogen) atoms. The first-order chi connectivity index (χ1) is 9.36. The molecule has 0 aromatic heterocycles. The number of carboxylic acid groups (broad SMARTS) is 1. The number of carboxylic acids is 1. The normalized spacial score (nSPS) is 13.1. The van der Waals surface area contributed by atoms with E-state index in [1.54, 1.807) is 31.2 Å². The smallest absolute Gasteiger partial charge is 0.306 e. The SMILES string of the molecule is CCCc1ccc(S(=O)(=O)NCCC(C)C(=O)O)cc1. The van der Waals surface area contributed by atoms with Crippen molar-refractivity contribution in [3.8, 4) is 0 Å². The van der Waals surface area contributed by atoms with Gasteiger partial charge in [-0.25, -0.2) is 13.1 Å². The van der Waals surface area contributed by atoms with Gasteiger partial charge in [-0.15, -0.1) is 0 Å². The number of rotatable bonds is 8. The van der Waals surface area contributed by atoms with E-state index in [1.165, 1.54) is 0 Å². The number of aryl methyl sites for hydroxylation is 1. The number of hydrogen-bond donors (Lipinski definition) is 2. The third-order valence-corrected chi connectivity index (χ3v) is 4.54. The summed E-state index contributed by atoms with van der Waals surface area (Å²) in [5.74, 6) is -1.49. The first-order valence-corrected chi connectivity index (χ1v) is 8.16. The molecule has 0 spiro atoms. The average molecular weight is 299 g/mol. The largest absolute Gasteiger partial charge is 0.481 e. The molecular formula is C14H21NO4S. The molecule has 2 N–H and O–H groups in total. The van der Waals surface area contributed by atoms with Crippen molar-refractivity contribution in [2.24, 2.45) is 5.92 Å². The fourth-order valence-corrected chi connectivity index (χ4v) is 2.79. The topological polar surface area (TPSA) is 83.5 Å². The Hall–Kier alpha value is -1.40. The van der Waals surface area contributed by atoms with Crippen molar-refractivity contribution in [3.63, 3.8) is 0 Å². The van der Waals surface area contributed by atoms with E-state index in [9.17, 15) is 13.2 Å². The van der Waals surface area contributed by atoms with Crippen LogP contribution in [0.5, 0.6) is 0 Å². The van der Waals surface area contributed by atoms with E-state index in [1.807, 2.05) is 0 Å². The van der Waals surface area contributed by atoms with Gasteiger partial charge in [-0.2, -0.15) is 0 Å². The summed E-state index contributed by atoms with van der Waals surface area (Å²) in [4.78, 5) is 10.9. The van der Waals surface area contributed by atoms with Gasteiger partial charge >= 0.3 is 5.97 Å². The summed E-state index contributed by atoms with van der Waals surface area (Å²) < 4.78 is 26.4. The van der Waals surface area contributed by atoms with Gasteiger partial charge in [0.1, 0.15) is 0 Å². The molecule has 0 radical (unpaired) electrons. The lowest BCUT2D eigenvalue weighted by Crippen LogP contribution is -2.27. The maximum atomic E-state index is 12.0. The third kappa shape index (κ3) is 4.94. The molecule has 1 aromatic rings. The lowest BCUT2D eigenvalue weighted by atomic mass is 10.1. The highest BCUT2D eigenvalue weighted by atomic mass is 32.2. The van der Waals surface area contributed by atoms with E-state index in [-0.39, 0.29) is 17.9 Å². The van der Waals surface area contributed by atoms with Crippen molar-refractivity contribution in [1.29, 1.82) is 0 Å². The number of benzene rings is 1. The summed E-state index contributed by atoms with van der Waals surface area (Å²) in [5.41, 5.74) is 1.10. The van der Waals surface area contributed by atoms with Crippen LogP contribution in [0.2, 0.25) is 0 Å². The number of hydrogen-bond acceptors (Lipinski definition) is 3. The highest BCUT2D eigenvalue weighted by Crippen LogP contribution is 2.12. The predicted octanol–water partition coefficient (Wildman–Crippen LogP) is 2.03. The number of sulfonamides is 1. The van der Waals surface area contributed by atoms with Crippen LogP contribution >= 0.6 is 0 Å². The second-order valence-electron chi connectivity index (χ2n) is 4.82. The van der Waals surface area contributed by atoms with Crippen molar-refractivity contribution >= 4 is 16.0 Å². The molecule has 1 unspecified atom stereocenters. The summed E-state index contributed by atoms with van der Waals surface area (Å²) in [6.07, 6.45) is 2.20. The van der Waals surface area contributed by atoms with Gasteiger partial charge in [0.15, 0.2) is 0 Å². The van der Waals surface area contributed by atoms with E-state index in [0.717, 1.165) is 18.4 Å². The van der Waals surface area contributed by atoms with Crippen LogP contribution in [-0.4, -0.2) is 26.0 Å². The highest BCUT2D eigenvalue weighted by molar-refractivity contribution is 7.89. The standard InChI is InChI=1S/C14H21NO4S/c1-3-4-12-5-7-13(8-6-12)20(18,19)15-10-9-11(2)14(16)17/h5-8,11,15H,3-4,9-10H2,1-2H3,(H,16,17). The molecule has 1 atom stereocenters. The third-order valence-electron chi connectivity index (χ3n) is 3.06. The molecule has 0 aliphatic carbocycles. The zero-order valence-corrected chi connectivity index (χ0v) is 12.6. The van der Waals surface area contributed by atoms with Crippen molar-refractivity contribution in [3.05, 3.63) is 29.8 Å². The Morgan fingerprint density at radius 2 is 1.90 bits per heavy atom. The minimum Gasteiger partial charge on any atom is -0.481 e. The van der Waals surface area contributed by atoms with E-state index in [2.05, 4.69) is 11.6 Å². The van der Waals surface area contributed by atoms with Crippen LogP contribution in [-0.2, 0) is 21.2 Å². The van der Waals surface area contributed by atoms with Crippen molar-refractivity contribution in [2.45, 2.75) is 38.0 Å². The fraction of sp³-hybridized carbons (Fsp3) is 0.500. The zero-order chi connectivity index (χ0) is 15.2. The molecule has 0 saturated carbocycles. The van der Waals surface area contributed by atoms with Crippen LogP contribution in [0.15, 0.2) is 29.2 Å². The Kier molecular flexibility index (Phi) is 6.16. The van der Waals surface area contributed by atoms with Crippen LogP contribution < -0.4 is 4.72 Å². The highest BCUT2D eigenvalue weighted by Gasteiger charge is 2.15. The van der Waals surface area contributed by atoms with Crippen LogP contribution in [0.4, 0.5) is 0 Å². The Bertz CT molecular complexity index is 537.